The largest absolute Gasteiger partial charge is 0.475 e. The molecule has 0 aromatic carbocycles. The third kappa shape index (κ3) is 9.27. The standard InChI is InChI=1S/C11H21O5P/c1-4-9-13-10-7-8-11-16-17(12,14-5-2)15-6-3/h4,7-8H,1,5-6,9-11H2,2-3H3/b8-7-. The van der Waals surface area contributed by atoms with Crippen LogP contribution in [0.25, 0.3) is 0 Å². The van der Waals surface area contributed by atoms with Crippen molar-refractivity contribution in [1.82, 2.24) is 0 Å². The lowest BCUT2D eigenvalue weighted by Gasteiger charge is -2.14. The van der Waals surface area contributed by atoms with Crippen LogP contribution in [0.2, 0.25) is 0 Å². The van der Waals surface area contributed by atoms with Crippen molar-refractivity contribution in [2.45, 2.75) is 13.8 Å². The van der Waals surface area contributed by atoms with Crippen LogP contribution >= 0.6 is 7.82 Å². The number of ether oxygens (including phenoxy) is 1. The third-order valence-electron chi connectivity index (χ3n) is 1.52. The average molecular weight is 264 g/mol. The molecule has 0 aromatic rings. The summed E-state index contributed by atoms with van der Waals surface area (Å²) in [6.45, 7) is 8.67. The molecule has 0 aromatic heterocycles. The maximum atomic E-state index is 11.8. The van der Waals surface area contributed by atoms with E-state index in [0.717, 1.165) is 0 Å². The Bertz CT molecular complexity index is 255. The molecule has 0 aliphatic carbocycles. The molecule has 17 heavy (non-hydrogen) atoms. The first-order valence-corrected chi connectivity index (χ1v) is 7.01. The van der Waals surface area contributed by atoms with E-state index < -0.39 is 7.82 Å². The molecule has 0 rings (SSSR count). The summed E-state index contributed by atoms with van der Waals surface area (Å²) in [6.07, 6.45) is 5.14. The van der Waals surface area contributed by atoms with Gasteiger partial charge in [0.25, 0.3) is 0 Å². The van der Waals surface area contributed by atoms with Gasteiger partial charge in [-0.1, -0.05) is 18.2 Å². The van der Waals surface area contributed by atoms with E-state index in [1.54, 1.807) is 32.1 Å². The highest BCUT2D eigenvalue weighted by atomic mass is 31.2. The zero-order chi connectivity index (χ0) is 13.0. The van der Waals surface area contributed by atoms with Crippen molar-refractivity contribution in [3.05, 3.63) is 24.8 Å². The molecule has 0 heterocycles. The molecule has 5 nitrogen and oxygen atoms in total. The van der Waals surface area contributed by atoms with Crippen molar-refractivity contribution in [1.29, 1.82) is 0 Å². The molecule has 0 radical (unpaired) electrons. The van der Waals surface area contributed by atoms with Crippen LogP contribution in [0.1, 0.15) is 13.8 Å². The minimum Gasteiger partial charge on any atom is -0.373 e. The molecule has 0 saturated heterocycles. The summed E-state index contributed by atoms with van der Waals surface area (Å²) in [6, 6.07) is 0. The summed E-state index contributed by atoms with van der Waals surface area (Å²) in [7, 11) is -3.39. The predicted octanol–water partition coefficient (Wildman–Crippen LogP) is 2.94. The molecule has 0 unspecified atom stereocenters. The molecular weight excluding hydrogens is 243 g/mol. The van der Waals surface area contributed by atoms with Crippen LogP contribution in [0, 0.1) is 0 Å². The quantitative estimate of drug-likeness (QED) is 0.326. The predicted molar refractivity (Wildman–Crippen MR) is 67.0 cm³/mol. The van der Waals surface area contributed by atoms with E-state index in [2.05, 4.69) is 6.58 Å². The summed E-state index contributed by atoms with van der Waals surface area (Å²) in [5, 5.41) is 0. The first-order valence-electron chi connectivity index (χ1n) is 5.55. The highest BCUT2D eigenvalue weighted by Crippen LogP contribution is 2.48. The lowest BCUT2D eigenvalue weighted by atomic mass is 10.5. The van der Waals surface area contributed by atoms with Gasteiger partial charge in [0.05, 0.1) is 33.0 Å². The van der Waals surface area contributed by atoms with Crippen LogP contribution < -0.4 is 0 Å². The molecule has 0 amide bonds. The molecule has 0 saturated carbocycles. The van der Waals surface area contributed by atoms with Gasteiger partial charge < -0.3 is 4.74 Å². The molecule has 0 bridgehead atoms. The van der Waals surface area contributed by atoms with Gasteiger partial charge in [-0.15, -0.1) is 6.58 Å². The van der Waals surface area contributed by atoms with E-state index in [1.165, 1.54) is 0 Å². The van der Waals surface area contributed by atoms with Gasteiger partial charge in [0.1, 0.15) is 0 Å². The third-order valence-corrected chi connectivity index (χ3v) is 3.13. The molecule has 100 valence electrons. The molecule has 0 N–H and O–H groups in total. The maximum absolute atomic E-state index is 11.8. The maximum Gasteiger partial charge on any atom is 0.475 e. The van der Waals surface area contributed by atoms with Crippen molar-refractivity contribution < 1.29 is 22.9 Å². The van der Waals surface area contributed by atoms with Gasteiger partial charge in [-0.05, 0) is 13.8 Å². The van der Waals surface area contributed by atoms with Crippen LogP contribution in [0.5, 0.6) is 0 Å². The first-order chi connectivity index (χ1) is 8.18. The number of phosphoric acid groups is 1. The van der Waals surface area contributed by atoms with Gasteiger partial charge in [0.2, 0.25) is 0 Å². The second kappa shape index (κ2) is 10.7. The molecule has 0 fully saturated rings. The highest BCUT2D eigenvalue weighted by molar-refractivity contribution is 7.48. The Balaban J connectivity index is 3.81. The Labute approximate surface area is 103 Å². The number of phosphoric ester groups is 1. The minimum absolute atomic E-state index is 0.161. The fourth-order valence-corrected chi connectivity index (χ4v) is 2.04. The van der Waals surface area contributed by atoms with Crippen LogP contribution in [0.15, 0.2) is 24.8 Å². The van der Waals surface area contributed by atoms with E-state index in [4.69, 9.17) is 18.3 Å². The summed E-state index contributed by atoms with van der Waals surface area (Å²) in [4.78, 5) is 0. The molecule has 0 spiro atoms. The SMILES string of the molecule is C=CCOC/C=C\COP(=O)(OCC)OCC. The summed E-state index contributed by atoms with van der Waals surface area (Å²) < 4.78 is 31.9. The van der Waals surface area contributed by atoms with Gasteiger partial charge in [0, 0.05) is 0 Å². The lowest BCUT2D eigenvalue weighted by molar-refractivity contribution is 0.130. The molecule has 0 aliphatic rings. The van der Waals surface area contributed by atoms with E-state index >= 15 is 0 Å². The smallest absolute Gasteiger partial charge is 0.373 e. The van der Waals surface area contributed by atoms with E-state index in [-0.39, 0.29) is 19.8 Å². The topological polar surface area (TPSA) is 54.0 Å². The highest BCUT2D eigenvalue weighted by Gasteiger charge is 2.24. The average Bonchev–Trinajstić information content (AvgIpc) is 2.28. The number of rotatable bonds is 11. The molecular formula is C11H21O5P. The van der Waals surface area contributed by atoms with Crippen molar-refractivity contribution in [3.63, 3.8) is 0 Å². The van der Waals surface area contributed by atoms with Crippen LogP contribution in [0.3, 0.4) is 0 Å². The molecule has 0 aliphatic heterocycles. The number of hydrogen-bond donors (Lipinski definition) is 0. The second-order valence-electron chi connectivity index (χ2n) is 2.88. The van der Waals surface area contributed by atoms with Crippen LogP contribution in [-0.2, 0) is 22.9 Å². The van der Waals surface area contributed by atoms with E-state index in [9.17, 15) is 4.57 Å². The number of hydrogen-bond acceptors (Lipinski definition) is 5. The fraction of sp³-hybridized carbons (Fsp3) is 0.636. The van der Waals surface area contributed by atoms with Crippen LogP contribution in [-0.4, -0.2) is 33.0 Å². The first kappa shape index (κ1) is 16.6. The summed E-state index contributed by atoms with van der Waals surface area (Å²) in [5.74, 6) is 0. The van der Waals surface area contributed by atoms with Gasteiger partial charge >= 0.3 is 7.82 Å². The monoisotopic (exact) mass is 264 g/mol. The fourth-order valence-electron chi connectivity index (χ4n) is 0.918. The van der Waals surface area contributed by atoms with Gasteiger partial charge in [-0.3, -0.25) is 13.6 Å². The summed E-state index contributed by atoms with van der Waals surface area (Å²) in [5.41, 5.74) is 0. The van der Waals surface area contributed by atoms with Crippen LogP contribution in [0.4, 0.5) is 0 Å². The van der Waals surface area contributed by atoms with Gasteiger partial charge in [-0.25, -0.2) is 4.57 Å². The lowest BCUT2D eigenvalue weighted by Crippen LogP contribution is -2.00. The summed E-state index contributed by atoms with van der Waals surface area (Å²) >= 11 is 0. The zero-order valence-electron chi connectivity index (χ0n) is 10.5. The van der Waals surface area contributed by atoms with Crippen molar-refractivity contribution >= 4 is 7.82 Å². The van der Waals surface area contributed by atoms with Gasteiger partial charge in [-0.2, -0.15) is 0 Å². The minimum atomic E-state index is -3.39. The Kier molecular flexibility index (Phi) is 10.4. The Morgan fingerprint density at radius 1 is 1.00 bits per heavy atom. The Hall–Kier alpha value is -0.450. The van der Waals surface area contributed by atoms with Crippen molar-refractivity contribution in [2.24, 2.45) is 0 Å². The van der Waals surface area contributed by atoms with Crippen molar-refractivity contribution in [2.75, 3.05) is 33.0 Å². The normalized spacial score (nSPS) is 12.1. The Morgan fingerprint density at radius 2 is 1.59 bits per heavy atom. The van der Waals surface area contributed by atoms with Gasteiger partial charge in [0.15, 0.2) is 0 Å². The van der Waals surface area contributed by atoms with E-state index in [1.807, 2.05) is 0 Å². The Morgan fingerprint density at radius 3 is 2.12 bits per heavy atom. The van der Waals surface area contributed by atoms with E-state index in [0.29, 0.717) is 13.2 Å². The molecule has 6 heteroatoms. The molecule has 0 atom stereocenters. The zero-order valence-corrected chi connectivity index (χ0v) is 11.4. The second-order valence-corrected chi connectivity index (χ2v) is 4.55. The van der Waals surface area contributed by atoms with Crippen molar-refractivity contribution in [3.8, 4) is 0 Å².